The van der Waals surface area contributed by atoms with Crippen molar-refractivity contribution < 1.29 is 24.5 Å². The largest absolute Gasteiger partial charge is 0.466 e. The van der Waals surface area contributed by atoms with Gasteiger partial charge in [-0.2, -0.15) is 0 Å². The molecular formula is C12H24O5. The fraction of sp³-hybridized carbons (Fsp3) is 0.917. The van der Waals surface area contributed by atoms with E-state index in [-0.39, 0.29) is 19.2 Å². The van der Waals surface area contributed by atoms with Crippen LogP contribution in [0.2, 0.25) is 0 Å². The average molecular weight is 248 g/mol. The van der Waals surface area contributed by atoms with E-state index in [1.807, 2.05) is 0 Å². The van der Waals surface area contributed by atoms with Crippen LogP contribution >= 0.6 is 0 Å². The van der Waals surface area contributed by atoms with Gasteiger partial charge in [-0.1, -0.05) is 0 Å². The van der Waals surface area contributed by atoms with E-state index in [4.69, 9.17) is 19.7 Å². The number of hydrogen-bond donors (Lipinski definition) is 2. The van der Waals surface area contributed by atoms with Gasteiger partial charge in [0.25, 0.3) is 0 Å². The van der Waals surface area contributed by atoms with Crippen molar-refractivity contribution in [2.75, 3.05) is 33.0 Å². The number of cyclic esters (lactones) is 1. The van der Waals surface area contributed by atoms with Gasteiger partial charge in [0.1, 0.15) is 0 Å². The molecule has 2 N–H and O–H groups in total. The highest BCUT2D eigenvalue weighted by Crippen LogP contribution is 2.06. The summed E-state index contributed by atoms with van der Waals surface area (Å²) in [4.78, 5) is 10.5. The normalized spacial score (nSPS) is 15.5. The Labute approximate surface area is 103 Å². The van der Waals surface area contributed by atoms with Crippen LogP contribution < -0.4 is 0 Å². The molecule has 0 aromatic heterocycles. The van der Waals surface area contributed by atoms with Crippen LogP contribution in [0.5, 0.6) is 0 Å². The fourth-order valence-corrected chi connectivity index (χ4v) is 1.24. The molecule has 17 heavy (non-hydrogen) atoms. The number of carbonyl (C=O) groups is 1. The Morgan fingerprint density at radius 2 is 1.71 bits per heavy atom. The summed E-state index contributed by atoms with van der Waals surface area (Å²) < 4.78 is 9.76. The lowest BCUT2D eigenvalue weighted by Gasteiger charge is -1.99. The summed E-state index contributed by atoms with van der Waals surface area (Å²) in [5.74, 6) is -0.0255. The van der Waals surface area contributed by atoms with E-state index in [0.717, 1.165) is 19.3 Å². The van der Waals surface area contributed by atoms with Crippen molar-refractivity contribution in [2.45, 2.75) is 38.5 Å². The van der Waals surface area contributed by atoms with Gasteiger partial charge in [-0.15, -0.1) is 0 Å². The zero-order valence-corrected chi connectivity index (χ0v) is 10.4. The Morgan fingerprint density at radius 3 is 2.29 bits per heavy atom. The second kappa shape index (κ2) is 13.4. The van der Waals surface area contributed by atoms with Gasteiger partial charge in [-0.05, 0) is 32.1 Å². The summed E-state index contributed by atoms with van der Waals surface area (Å²) >= 11 is 0. The minimum absolute atomic E-state index is 0.0255. The lowest BCUT2D eigenvalue weighted by molar-refractivity contribution is -0.142. The van der Waals surface area contributed by atoms with E-state index in [1.54, 1.807) is 0 Å². The predicted molar refractivity (Wildman–Crippen MR) is 63.7 cm³/mol. The summed E-state index contributed by atoms with van der Waals surface area (Å²) in [6.07, 6.45) is 5.20. The third kappa shape index (κ3) is 13.3. The monoisotopic (exact) mass is 248 g/mol. The van der Waals surface area contributed by atoms with Crippen LogP contribution in [0.1, 0.15) is 38.5 Å². The van der Waals surface area contributed by atoms with Gasteiger partial charge < -0.3 is 19.7 Å². The van der Waals surface area contributed by atoms with E-state index in [2.05, 4.69) is 0 Å². The molecule has 5 nitrogen and oxygen atoms in total. The van der Waals surface area contributed by atoms with Crippen molar-refractivity contribution in [1.82, 2.24) is 0 Å². The van der Waals surface area contributed by atoms with Gasteiger partial charge in [-0.25, -0.2) is 0 Å². The Morgan fingerprint density at radius 1 is 1.06 bits per heavy atom. The predicted octanol–water partition coefficient (Wildman–Crippen LogP) is 0.871. The molecule has 0 bridgehead atoms. The molecule has 1 rings (SSSR count). The maximum atomic E-state index is 10.5. The molecule has 0 unspecified atom stereocenters. The smallest absolute Gasteiger partial charge is 0.305 e. The first-order valence-corrected chi connectivity index (χ1v) is 6.26. The number of carbonyl (C=O) groups excluding carboxylic acids is 1. The Kier molecular flexibility index (Phi) is 12.9. The standard InChI is InChI=1S/C6H14O3.C6H10O2/c7-3-1-5-9-6-2-4-8;7-6-4-2-1-3-5-8-6/h7-8H,1-6H2;1-5H2. The molecule has 0 saturated carbocycles. The number of rotatable bonds is 6. The maximum absolute atomic E-state index is 10.5. The highest BCUT2D eigenvalue weighted by molar-refractivity contribution is 5.69. The molecule has 0 aliphatic carbocycles. The van der Waals surface area contributed by atoms with E-state index in [0.29, 0.717) is 39.1 Å². The first-order valence-electron chi connectivity index (χ1n) is 6.26. The number of hydrogen-bond acceptors (Lipinski definition) is 5. The molecule has 1 saturated heterocycles. The van der Waals surface area contributed by atoms with E-state index in [1.165, 1.54) is 0 Å². The SMILES string of the molecule is O=C1CCCCCO1.OCCCOCCCO. The lowest BCUT2D eigenvalue weighted by atomic mass is 10.2. The van der Waals surface area contributed by atoms with Crippen molar-refractivity contribution in [2.24, 2.45) is 0 Å². The molecule has 0 spiro atoms. The second-order valence-corrected chi connectivity index (χ2v) is 3.80. The van der Waals surface area contributed by atoms with Gasteiger partial charge >= 0.3 is 5.97 Å². The first kappa shape index (κ1) is 16.4. The molecule has 5 heteroatoms. The zero-order valence-electron chi connectivity index (χ0n) is 10.4. The summed E-state index contributed by atoms with van der Waals surface area (Å²) in [5.41, 5.74) is 0. The van der Waals surface area contributed by atoms with Crippen molar-refractivity contribution in [3.05, 3.63) is 0 Å². The van der Waals surface area contributed by atoms with Crippen molar-refractivity contribution in [3.8, 4) is 0 Å². The maximum Gasteiger partial charge on any atom is 0.305 e. The van der Waals surface area contributed by atoms with Crippen molar-refractivity contribution in [3.63, 3.8) is 0 Å². The number of ether oxygens (including phenoxy) is 2. The minimum atomic E-state index is -0.0255. The molecule has 1 heterocycles. The highest BCUT2D eigenvalue weighted by atomic mass is 16.5. The fourth-order valence-electron chi connectivity index (χ4n) is 1.24. The van der Waals surface area contributed by atoms with Gasteiger partial charge in [-0.3, -0.25) is 4.79 Å². The second-order valence-electron chi connectivity index (χ2n) is 3.80. The molecule has 0 atom stereocenters. The molecule has 1 aliphatic rings. The number of aliphatic hydroxyl groups is 2. The van der Waals surface area contributed by atoms with Gasteiger partial charge in [0.15, 0.2) is 0 Å². The van der Waals surface area contributed by atoms with Crippen LogP contribution in [0, 0.1) is 0 Å². The van der Waals surface area contributed by atoms with Crippen LogP contribution in [0.15, 0.2) is 0 Å². The van der Waals surface area contributed by atoms with Gasteiger partial charge in [0, 0.05) is 32.8 Å². The van der Waals surface area contributed by atoms with Crippen LogP contribution in [0.4, 0.5) is 0 Å². The van der Waals surface area contributed by atoms with Crippen LogP contribution in [-0.4, -0.2) is 49.2 Å². The Hall–Kier alpha value is -0.650. The Bertz CT molecular complexity index is 156. The van der Waals surface area contributed by atoms with Crippen LogP contribution in [0.3, 0.4) is 0 Å². The zero-order chi connectivity index (χ0) is 12.8. The van der Waals surface area contributed by atoms with E-state index < -0.39 is 0 Å². The topological polar surface area (TPSA) is 76.0 Å². The number of esters is 1. The molecule has 102 valence electrons. The van der Waals surface area contributed by atoms with Gasteiger partial charge in [0.05, 0.1) is 6.61 Å². The third-order valence-electron chi connectivity index (χ3n) is 2.18. The molecule has 0 aromatic carbocycles. The third-order valence-corrected chi connectivity index (χ3v) is 2.18. The summed E-state index contributed by atoms with van der Waals surface area (Å²) in [7, 11) is 0. The van der Waals surface area contributed by atoms with Gasteiger partial charge in [0.2, 0.25) is 0 Å². The Balaban J connectivity index is 0.000000302. The lowest BCUT2D eigenvalue weighted by Crippen LogP contribution is -2.00. The van der Waals surface area contributed by atoms with Crippen LogP contribution in [-0.2, 0) is 14.3 Å². The van der Waals surface area contributed by atoms with Crippen molar-refractivity contribution >= 4 is 5.97 Å². The van der Waals surface area contributed by atoms with Crippen LogP contribution in [0.25, 0.3) is 0 Å². The van der Waals surface area contributed by atoms with E-state index in [9.17, 15) is 4.79 Å². The molecular weight excluding hydrogens is 224 g/mol. The first-order chi connectivity index (χ1) is 8.31. The highest BCUT2D eigenvalue weighted by Gasteiger charge is 2.05. The molecule has 0 aromatic rings. The summed E-state index contributed by atoms with van der Waals surface area (Å²) in [6, 6.07) is 0. The molecule has 1 fully saturated rings. The summed E-state index contributed by atoms with van der Waals surface area (Å²) in [6.45, 7) is 2.18. The molecule has 0 amide bonds. The quantitative estimate of drug-likeness (QED) is 0.539. The number of aliphatic hydroxyl groups excluding tert-OH is 2. The van der Waals surface area contributed by atoms with Crippen molar-refractivity contribution in [1.29, 1.82) is 0 Å². The average Bonchev–Trinajstić information content (AvgIpc) is 2.58. The minimum Gasteiger partial charge on any atom is -0.466 e. The molecule has 1 aliphatic heterocycles. The molecule has 0 radical (unpaired) electrons. The summed E-state index contributed by atoms with van der Waals surface area (Å²) in [5, 5.41) is 16.6. The van der Waals surface area contributed by atoms with E-state index >= 15 is 0 Å².